The van der Waals surface area contributed by atoms with E-state index in [-0.39, 0.29) is 15.6 Å². The molecule has 0 fully saturated rings. The molecule has 0 bridgehead atoms. The van der Waals surface area contributed by atoms with Crippen LogP contribution in [0.5, 0.6) is 0 Å². The molecule has 19 heavy (non-hydrogen) atoms. The molecule has 0 amide bonds. The predicted molar refractivity (Wildman–Crippen MR) is 77.0 cm³/mol. The minimum atomic E-state index is -0.522. The van der Waals surface area contributed by atoms with E-state index in [0.717, 1.165) is 0 Å². The Morgan fingerprint density at radius 1 is 1.05 bits per heavy atom. The number of hydrogen-bond acceptors (Lipinski definition) is 2. The number of nitrogens with two attached hydrogens (primary N) is 1. The molecular formula is C13H9ClF2N2S. The van der Waals surface area contributed by atoms with Crippen molar-refractivity contribution in [2.45, 2.75) is 0 Å². The molecule has 0 aliphatic heterocycles. The summed E-state index contributed by atoms with van der Waals surface area (Å²) in [6, 6.07) is 8.49. The van der Waals surface area contributed by atoms with Gasteiger partial charge in [-0.15, -0.1) is 0 Å². The van der Waals surface area contributed by atoms with E-state index >= 15 is 0 Å². The molecule has 0 aliphatic carbocycles. The Morgan fingerprint density at radius 2 is 1.68 bits per heavy atom. The van der Waals surface area contributed by atoms with Gasteiger partial charge in [-0.25, -0.2) is 8.78 Å². The summed E-state index contributed by atoms with van der Waals surface area (Å²) in [4.78, 5) is -0.00567. The van der Waals surface area contributed by atoms with Gasteiger partial charge in [0, 0.05) is 16.9 Å². The fourth-order valence-corrected chi connectivity index (χ4v) is 1.88. The Morgan fingerprint density at radius 3 is 2.26 bits per heavy atom. The lowest BCUT2D eigenvalue weighted by molar-refractivity contribution is 0.626. The zero-order valence-electron chi connectivity index (χ0n) is 9.58. The van der Waals surface area contributed by atoms with E-state index in [4.69, 9.17) is 29.6 Å². The molecule has 2 nitrogen and oxygen atoms in total. The molecule has 98 valence electrons. The number of thiocarbonyl (C=S) groups is 1. The Bertz CT molecular complexity index is 647. The SMILES string of the molecule is NC(=S)c1ccc(Nc2ccc(F)c(Cl)c2)cc1F. The average molecular weight is 299 g/mol. The summed E-state index contributed by atoms with van der Waals surface area (Å²) in [5.41, 5.74) is 6.58. The van der Waals surface area contributed by atoms with Crippen molar-refractivity contribution in [3.05, 3.63) is 58.6 Å². The maximum Gasteiger partial charge on any atom is 0.141 e. The molecule has 0 unspecified atom stereocenters. The molecule has 6 heteroatoms. The van der Waals surface area contributed by atoms with E-state index in [2.05, 4.69) is 5.32 Å². The first-order valence-electron chi connectivity index (χ1n) is 5.29. The first-order chi connectivity index (χ1) is 8.97. The lowest BCUT2D eigenvalue weighted by atomic mass is 10.2. The highest BCUT2D eigenvalue weighted by atomic mass is 35.5. The third-order valence-electron chi connectivity index (χ3n) is 2.44. The fourth-order valence-electron chi connectivity index (χ4n) is 1.53. The molecule has 2 aromatic carbocycles. The van der Waals surface area contributed by atoms with Crippen LogP contribution >= 0.6 is 23.8 Å². The van der Waals surface area contributed by atoms with Gasteiger partial charge >= 0.3 is 0 Å². The highest BCUT2D eigenvalue weighted by Gasteiger charge is 2.07. The van der Waals surface area contributed by atoms with Crippen molar-refractivity contribution >= 4 is 40.2 Å². The number of nitrogens with one attached hydrogen (secondary N) is 1. The largest absolute Gasteiger partial charge is 0.389 e. The molecule has 0 spiro atoms. The van der Waals surface area contributed by atoms with Gasteiger partial charge in [-0.1, -0.05) is 23.8 Å². The first-order valence-corrected chi connectivity index (χ1v) is 6.07. The Labute approximate surface area is 119 Å². The Kier molecular flexibility index (Phi) is 3.97. The van der Waals surface area contributed by atoms with Crippen molar-refractivity contribution in [3.63, 3.8) is 0 Å². The smallest absolute Gasteiger partial charge is 0.141 e. The average Bonchev–Trinajstić information content (AvgIpc) is 2.33. The Hall–Kier alpha value is -1.72. The van der Waals surface area contributed by atoms with E-state index in [9.17, 15) is 8.78 Å². The molecule has 0 radical (unpaired) electrons. The van der Waals surface area contributed by atoms with Crippen LogP contribution in [0.2, 0.25) is 5.02 Å². The molecule has 0 aromatic heterocycles. The van der Waals surface area contributed by atoms with Gasteiger partial charge in [0.15, 0.2) is 0 Å². The van der Waals surface area contributed by atoms with E-state index < -0.39 is 11.6 Å². The summed E-state index contributed by atoms with van der Waals surface area (Å²) in [7, 11) is 0. The van der Waals surface area contributed by atoms with Crippen LogP contribution in [0.25, 0.3) is 0 Å². The molecule has 3 N–H and O–H groups in total. The molecule has 0 saturated heterocycles. The summed E-state index contributed by atoms with van der Waals surface area (Å²) in [5, 5.41) is 2.89. The van der Waals surface area contributed by atoms with Crippen molar-refractivity contribution in [1.29, 1.82) is 0 Å². The second-order valence-corrected chi connectivity index (χ2v) is 4.66. The number of hydrogen-bond donors (Lipinski definition) is 2. The first kappa shape index (κ1) is 13.7. The summed E-state index contributed by atoms with van der Waals surface area (Å²) in [5.74, 6) is -1.03. The maximum absolute atomic E-state index is 13.7. The molecule has 0 aliphatic rings. The summed E-state index contributed by atoms with van der Waals surface area (Å²) in [6.07, 6.45) is 0. The topological polar surface area (TPSA) is 38.0 Å². The van der Waals surface area contributed by atoms with Crippen molar-refractivity contribution < 1.29 is 8.78 Å². The van der Waals surface area contributed by atoms with Gasteiger partial charge in [-0.05, 0) is 36.4 Å². The fraction of sp³-hybridized carbons (Fsp3) is 0. The zero-order valence-corrected chi connectivity index (χ0v) is 11.2. The lowest BCUT2D eigenvalue weighted by Crippen LogP contribution is -2.11. The normalized spacial score (nSPS) is 10.3. The van der Waals surface area contributed by atoms with Crippen LogP contribution in [-0.4, -0.2) is 4.99 Å². The standard InChI is InChI=1S/C13H9ClF2N2S/c14-10-5-7(2-4-11(10)15)18-8-1-3-9(13(17)19)12(16)6-8/h1-6,18H,(H2,17,19). The van der Waals surface area contributed by atoms with Gasteiger partial charge in [-0.3, -0.25) is 0 Å². The molecule has 2 aromatic rings. The van der Waals surface area contributed by atoms with E-state index in [1.807, 2.05) is 0 Å². The zero-order chi connectivity index (χ0) is 14.0. The lowest BCUT2D eigenvalue weighted by Gasteiger charge is -2.09. The van der Waals surface area contributed by atoms with Crippen LogP contribution in [0, 0.1) is 11.6 Å². The number of halogens is 3. The van der Waals surface area contributed by atoms with Crippen LogP contribution in [0.1, 0.15) is 5.56 Å². The van der Waals surface area contributed by atoms with E-state index in [1.54, 1.807) is 6.07 Å². The van der Waals surface area contributed by atoms with Crippen LogP contribution in [-0.2, 0) is 0 Å². The van der Waals surface area contributed by atoms with Gasteiger partial charge in [-0.2, -0.15) is 0 Å². The Balaban J connectivity index is 2.26. The summed E-state index contributed by atoms with van der Waals surface area (Å²) >= 11 is 10.4. The third-order valence-corrected chi connectivity index (χ3v) is 2.95. The number of anilines is 2. The van der Waals surface area contributed by atoms with E-state index in [0.29, 0.717) is 11.4 Å². The van der Waals surface area contributed by atoms with Gasteiger partial charge < -0.3 is 11.1 Å². The van der Waals surface area contributed by atoms with Crippen LogP contribution in [0.4, 0.5) is 20.2 Å². The van der Waals surface area contributed by atoms with Crippen molar-refractivity contribution in [2.24, 2.45) is 5.73 Å². The maximum atomic E-state index is 13.7. The van der Waals surface area contributed by atoms with Crippen LogP contribution in [0.3, 0.4) is 0 Å². The van der Waals surface area contributed by atoms with Gasteiger partial charge in [0.25, 0.3) is 0 Å². The number of rotatable bonds is 3. The minimum absolute atomic E-state index is 0.00567. The second kappa shape index (κ2) is 5.50. The molecular weight excluding hydrogens is 290 g/mol. The van der Waals surface area contributed by atoms with Crippen molar-refractivity contribution in [3.8, 4) is 0 Å². The van der Waals surface area contributed by atoms with Gasteiger partial charge in [0.1, 0.15) is 16.6 Å². The van der Waals surface area contributed by atoms with Gasteiger partial charge in [0.2, 0.25) is 0 Å². The quantitative estimate of drug-likeness (QED) is 0.841. The molecule has 0 heterocycles. The van der Waals surface area contributed by atoms with Crippen molar-refractivity contribution in [2.75, 3.05) is 5.32 Å². The highest BCUT2D eigenvalue weighted by Crippen LogP contribution is 2.23. The summed E-state index contributed by atoms with van der Waals surface area (Å²) < 4.78 is 26.6. The molecule has 2 rings (SSSR count). The summed E-state index contributed by atoms with van der Waals surface area (Å²) in [6.45, 7) is 0. The van der Waals surface area contributed by atoms with Crippen molar-refractivity contribution in [1.82, 2.24) is 0 Å². The molecule has 0 atom stereocenters. The predicted octanol–water partition coefficient (Wildman–Crippen LogP) is 4.00. The van der Waals surface area contributed by atoms with Crippen LogP contribution < -0.4 is 11.1 Å². The number of benzene rings is 2. The third kappa shape index (κ3) is 3.19. The minimum Gasteiger partial charge on any atom is -0.389 e. The molecule has 0 saturated carbocycles. The van der Waals surface area contributed by atoms with Crippen LogP contribution in [0.15, 0.2) is 36.4 Å². The van der Waals surface area contributed by atoms with E-state index in [1.165, 1.54) is 30.3 Å². The second-order valence-electron chi connectivity index (χ2n) is 3.81. The monoisotopic (exact) mass is 298 g/mol. The highest BCUT2D eigenvalue weighted by molar-refractivity contribution is 7.80. The van der Waals surface area contributed by atoms with Gasteiger partial charge in [0.05, 0.1) is 5.02 Å².